The maximum atomic E-state index is 7.52. The highest BCUT2D eigenvalue weighted by molar-refractivity contribution is 7.33. The monoisotopic (exact) mass is 550 g/mol. The highest BCUT2D eigenvalue weighted by atomic mass is 35.6. The third-order valence-electron chi connectivity index (χ3n) is 6.11. The Bertz CT molecular complexity index is 846. The van der Waals surface area contributed by atoms with E-state index in [0.29, 0.717) is 0 Å². The molecule has 0 aromatic heterocycles. The summed E-state index contributed by atoms with van der Waals surface area (Å²) < 4.78 is 5.46. The highest BCUT2D eigenvalue weighted by Gasteiger charge is 2.33. The number of anilines is 2. The first-order chi connectivity index (χ1) is 15.0. The van der Waals surface area contributed by atoms with Gasteiger partial charge in [-0.05, 0) is 53.5 Å². The van der Waals surface area contributed by atoms with E-state index in [2.05, 4.69) is 130 Å². The molecular weight excluding hydrogens is 504 g/mol. The van der Waals surface area contributed by atoms with Gasteiger partial charge in [0, 0.05) is 11.4 Å². The van der Waals surface area contributed by atoms with E-state index in [9.17, 15) is 0 Å². The van der Waals surface area contributed by atoms with Crippen LogP contribution in [-0.4, -0.2) is 53.8 Å². The van der Waals surface area contributed by atoms with Crippen molar-refractivity contribution in [2.24, 2.45) is 0 Å². The first-order valence-corrected chi connectivity index (χ1v) is 29.1. The van der Waals surface area contributed by atoms with Crippen molar-refractivity contribution >= 4 is 74.3 Å². The van der Waals surface area contributed by atoms with E-state index in [1.165, 1.54) is 34.1 Å². The Morgan fingerprint density at radius 2 is 0.970 bits per heavy atom. The fourth-order valence-electron chi connectivity index (χ4n) is 4.36. The minimum absolute atomic E-state index is 0.722. The van der Waals surface area contributed by atoms with Crippen molar-refractivity contribution in [1.82, 2.24) is 0 Å². The quantitative estimate of drug-likeness (QED) is 0.266. The Kier molecular flexibility index (Phi) is 9.54. The van der Waals surface area contributed by atoms with Crippen LogP contribution in [0.5, 0.6) is 0 Å². The lowest BCUT2D eigenvalue weighted by molar-refractivity contribution is 1.18. The molecule has 0 bridgehead atoms. The third-order valence-corrected chi connectivity index (χ3v) is 17.3. The second-order valence-electron chi connectivity index (χ2n) is 12.5. The lowest BCUT2D eigenvalue weighted by atomic mass is 10.3. The van der Waals surface area contributed by atoms with Gasteiger partial charge in [0.25, 0.3) is 0 Å². The van der Waals surface area contributed by atoms with Gasteiger partial charge in [-0.1, -0.05) is 89.7 Å². The number of nitrogens with zero attached hydrogens (tertiary/aromatic N) is 2. The molecule has 0 radical (unpaired) electrons. The van der Waals surface area contributed by atoms with Gasteiger partial charge in [-0.25, -0.2) is 0 Å². The van der Waals surface area contributed by atoms with Crippen molar-refractivity contribution in [2.75, 3.05) is 21.5 Å². The minimum atomic E-state index is -2.34. The smallest absolute Gasteiger partial charge is 0.214 e. The molecule has 0 spiro atoms. The van der Waals surface area contributed by atoms with Gasteiger partial charge in [0.2, 0.25) is 7.38 Å². The molecule has 0 aliphatic heterocycles. The van der Waals surface area contributed by atoms with Crippen molar-refractivity contribution < 1.29 is 0 Å². The molecular formula is C25H47ClN2Si5. The number of hydrogen-bond acceptors (Lipinski definition) is 2. The fraction of sp³-hybridized carbons (Fsp3) is 0.520. The summed E-state index contributed by atoms with van der Waals surface area (Å²) in [6, 6.07) is 18.4. The van der Waals surface area contributed by atoms with E-state index in [1.54, 1.807) is 0 Å². The molecule has 0 atom stereocenters. The van der Waals surface area contributed by atoms with Crippen LogP contribution >= 0.6 is 11.1 Å². The lowest BCUT2D eigenvalue weighted by Crippen LogP contribution is -2.54. The largest absolute Gasteiger partial charge is 0.401 e. The topological polar surface area (TPSA) is 6.48 Å². The van der Waals surface area contributed by atoms with Gasteiger partial charge >= 0.3 is 0 Å². The predicted octanol–water partition coefficient (Wildman–Crippen LogP) is 5.95. The van der Waals surface area contributed by atoms with Crippen LogP contribution in [-0.2, 0) is 0 Å². The molecule has 0 amide bonds. The molecule has 2 aromatic rings. The Morgan fingerprint density at radius 3 is 1.24 bits per heavy atom. The van der Waals surface area contributed by atoms with Gasteiger partial charge in [-0.3, -0.25) is 0 Å². The summed E-state index contributed by atoms with van der Waals surface area (Å²) >= 11 is 7.52. The average Bonchev–Trinajstić information content (AvgIpc) is 2.68. The van der Waals surface area contributed by atoms with Gasteiger partial charge in [-0.2, -0.15) is 11.1 Å². The molecule has 184 valence electrons. The van der Waals surface area contributed by atoms with Crippen LogP contribution in [0.15, 0.2) is 48.5 Å². The average molecular weight is 552 g/mol. The molecule has 8 heteroatoms. The predicted molar refractivity (Wildman–Crippen MR) is 169 cm³/mol. The van der Waals surface area contributed by atoms with Crippen LogP contribution in [0, 0.1) is 0 Å². The van der Waals surface area contributed by atoms with Crippen molar-refractivity contribution in [3.8, 4) is 0 Å². The van der Waals surface area contributed by atoms with E-state index in [0.717, 1.165) is 0 Å². The summed E-state index contributed by atoms with van der Waals surface area (Å²) in [6.45, 7) is 26.9. The molecule has 0 aliphatic carbocycles. The molecule has 2 aromatic carbocycles. The van der Waals surface area contributed by atoms with E-state index >= 15 is 0 Å². The number of benzene rings is 2. The molecule has 0 N–H and O–H groups in total. The van der Waals surface area contributed by atoms with Gasteiger partial charge in [-0.15, -0.1) is 0 Å². The van der Waals surface area contributed by atoms with E-state index < -0.39 is 41.4 Å². The van der Waals surface area contributed by atoms with Gasteiger partial charge in [0.15, 0.2) is 0 Å². The zero-order valence-electron chi connectivity index (χ0n) is 23.0. The van der Waals surface area contributed by atoms with Gasteiger partial charge < -0.3 is 9.13 Å². The van der Waals surface area contributed by atoms with E-state index in [1.807, 2.05) is 0 Å². The molecule has 33 heavy (non-hydrogen) atoms. The van der Waals surface area contributed by atoms with Crippen LogP contribution in [0.25, 0.3) is 0 Å². The van der Waals surface area contributed by atoms with Crippen LogP contribution < -0.4 is 19.5 Å². The van der Waals surface area contributed by atoms with Crippen LogP contribution in [0.1, 0.15) is 0 Å². The molecule has 0 fully saturated rings. The SMILES string of the molecule is C[SiH](C)CN(c1cccc([Si](C)(Cl)c2cccc(N(C[SiH](C)C)[Si](C)(C)C)c2)c1)[Si](C)(C)C. The molecule has 0 saturated heterocycles. The Morgan fingerprint density at radius 1 is 0.636 bits per heavy atom. The van der Waals surface area contributed by atoms with Crippen molar-refractivity contribution in [1.29, 1.82) is 0 Å². The summed E-state index contributed by atoms with van der Waals surface area (Å²) in [5.74, 6) is 0. The number of halogens is 1. The van der Waals surface area contributed by atoms with Gasteiger partial charge in [0.05, 0.1) is 17.6 Å². The van der Waals surface area contributed by atoms with Gasteiger partial charge in [0.1, 0.15) is 16.5 Å². The second kappa shape index (κ2) is 11.0. The molecule has 0 saturated carbocycles. The van der Waals surface area contributed by atoms with E-state index in [-0.39, 0.29) is 0 Å². The zero-order chi connectivity index (χ0) is 25.2. The van der Waals surface area contributed by atoms with Crippen LogP contribution in [0.4, 0.5) is 11.4 Å². The van der Waals surface area contributed by atoms with Crippen molar-refractivity contribution in [2.45, 2.75) is 72.0 Å². The van der Waals surface area contributed by atoms with Crippen LogP contribution in [0.3, 0.4) is 0 Å². The third kappa shape index (κ3) is 7.70. The van der Waals surface area contributed by atoms with Crippen molar-refractivity contribution in [3.05, 3.63) is 48.5 Å². The summed E-state index contributed by atoms with van der Waals surface area (Å²) in [4.78, 5) is 0. The Hall–Kier alpha value is -0.586. The minimum Gasteiger partial charge on any atom is -0.401 e. The molecule has 0 aliphatic rings. The molecule has 2 rings (SSSR count). The fourth-order valence-corrected chi connectivity index (χ4v) is 17.3. The number of rotatable bonds is 10. The molecule has 0 heterocycles. The first-order valence-electron chi connectivity index (χ1n) is 12.5. The zero-order valence-corrected chi connectivity index (χ0v) is 29.0. The second-order valence-corrected chi connectivity index (χ2v) is 34.0. The first kappa shape index (κ1) is 28.7. The standard InChI is InChI=1S/C25H47ClN2Si5/c1-29(2)20-27(31(5,6)7)22-14-12-16-24(18-22)33(11,26)25-17-13-15-23(19-25)28(21-30(3)4)32(8,9)10/h12-19,29-30H,20-21H2,1-11H3. The summed E-state index contributed by atoms with van der Waals surface area (Å²) in [6.07, 6.45) is 2.47. The summed E-state index contributed by atoms with van der Waals surface area (Å²) in [5, 5.41) is 2.65. The maximum absolute atomic E-state index is 7.52. The van der Waals surface area contributed by atoms with Crippen molar-refractivity contribution in [3.63, 3.8) is 0 Å². The normalized spacial score (nSPS) is 13.0. The Balaban J connectivity index is 2.51. The number of hydrogen-bond donors (Lipinski definition) is 0. The molecule has 2 nitrogen and oxygen atoms in total. The summed E-state index contributed by atoms with van der Waals surface area (Å²) in [7, 11) is -6.72. The maximum Gasteiger partial charge on any atom is 0.214 e. The summed E-state index contributed by atoms with van der Waals surface area (Å²) in [5.41, 5.74) is 2.75. The highest BCUT2D eigenvalue weighted by Crippen LogP contribution is 2.25. The van der Waals surface area contributed by atoms with E-state index in [4.69, 9.17) is 11.1 Å². The lowest BCUT2D eigenvalue weighted by Gasteiger charge is -2.39. The van der Waals surface area contributed by atoms with Crippen LogP contribution in [0.2, 0.25) is 72.0 Å². The Labute approximate surface area is 215 Å². The molecule has 0 unspecified atom stereocenters.